The number of nitrogens with one attached hydrogen (secondary N) is 1. The molecule has 1 N–H and O–H groups in total. The SMILES string of the molecule is N#Cc1c(-c2ccco2)nc(NC2CCCCC2)c2c1CCCC2. The predicted octanol–water partition coefficient (Wildman–Crippen LogP) is 4.84. The highest BCUT2D eigenvalue weighted by atomic mass is 16.3. The van der Waals surface area contributed by atoms with Crippen molar-refractivity contribution in [2.24, 2.45) is 0 Å². The van der Waals surface area contributed by atoms with E-state index in [9.17, 15) is 5.26 Å². The number of furan rings is 1. The second-order valence-corrected chi connectivity index (χ2v) is 6.92. The van der Waals surface area contributed by atoms with Gasteiger partial charge in [0.1, 0.15) is 17.6 Å². The van der Waals surface area contributed by atoms with Crippen molar-refractivity contribution in [2.75, 3.05) is 5.32 Å². The fourth-order valence-electron chi connectivity index (χ4n) is 4.09. The van der Waals surface area contributed by atoms with E-state index in [1.165, 1.54) is 49.7 Å². The summed E-state index contributed by atoms with van der Waals surface area (Å²) in [5, 5.41) is 13.4. The maximum absolute atomic E-state index is 9.73. The summed E-state index contributed by atoms with van der Waals surface area (Å²) < 4.78 is 5.56. The van der Waals surface area contributed by atoms with Gasteiger partial charge in [-0.1, -0.05) is 19.3 Å². The van der Waals surface area contributed by atoms with Gasteiger partial charge in [0.15, 0.2) is 5.76 Å². The summed E-state index contributed by atoms with van der Waals surface area (Å²) in [6.45, 7) is 0. The topological polar surface area (TPSA) is 61.9 Å². The van der Waals surface area contributed by atoms with E-state index in [-0.39, 0.29) is 0 Å². The van der Waals surface area contributed by atoms with Crippen LogP contribution in [0.2, 0.25) is 0 Å². The molecule has 2 aliphatic carbocycles. The summed E-state index contributed by atoms with van der Waals surface area (Å²) in [6.07, 6.45) is 12.3. The van der Waals surface area contributed by atoms with Gasteiger partial charge in [-0.05, 0) is 61.8 Å². The molecule has 0 saturated heterocycles. The molecule has 0 bridgehead atoms. The Hall–Kier alpha value is -2.28. The smallest absolute Gasteiger partial charge is 0.153 e. The van der Waals surface area contributed by atoms with Crippen molar-refractivity contribution >= 4 is 5.82 Å². The third-order valence-corrected chi connectivity index (χ3v) is 5.33. The van der Waals surface area contributed by atoms with Gasteiger partial charge in [0.25, 0.3) is 0 Å². The molecule has 124 valence electrons. The largest absolute Gasteiger partial charge is 0.463 e. The van der Waals surface area contributed by atoms with E-state index in [0.29, 0.717) is 23.1 Å². The Morgan fingerprint density at radius 3 is 2.58 bits per heavy atom. The summed E-state index contributed by atoms with van der Waals surface area (Å²) in [6, 6.07) is 6.65. The van der Waals surface area contributed by atoms with E-state index >= 15 is 0 Å². The summed E-state index contributed by atoms with van der Waals surface area (Å²) in [5.74, 6) is 1.67. The first-order valence-electron chi connectivity index (χ1n) is 9.13. The van der Waals surface area contributed by atoms with Crippen molar-refractivity contribution < 1.29 is 4.42 Å². The average Bonchev–Trinajstić information content (AvgIpc) is 3.17. The lowest BCUT2D eigenvalue weighted by Gasteiger charge is -2.27. The Bertz CT molecular complexity index is 752. The first-order valence-corrected chi connectivity index (χ1v) is 9.13. The summed E-state index contributed by atoms with van der Waals surface area (Å²) in [5.41, 5.74) is 3.84. The number of nitriles is 1. The quantitative estimate of drug-likeness (QED) is 0.879. The van der Waals surface area contributed by atoms with E-state index in [2.05, 4.69) is 11.4 Å². The van der Waals surface area contributed by atoms with Crippen molar-refractivity contribution in [3.8, 4) is 17.5 Å². The van der Waals surface area contributed by atoms with E-state index < -0.39 is 0 Å². The van der Waals surface area contributed by atoms with Gasteiger partial charge in [-0.3, -0.25) is 0 Å². The summed E-state index contributed by atoms with van der Waals surface area (Å²) >= 11 is 0. The fraction of sp³-hybridized carbons (Fsp3) is 0.500. The minimum atomic E-state index is 0.509. The number of pyridine rings is 1. The van der Waals surface area contributed by atoms with Crippen LogP contribution < -0.4 is 5.32 Å². The van der Waals surface area contributed by atoms with Crippen molar-refractivity contribution in [2.45, 2.75) is 63.8 Å². The van der Waals surface area contributed by atoms with Crippen LogP contribution in [0.1, 0.15) is 61.6 Å². The lowest BCUT2D eigenvalue weighted by Crippen LogP contribution is -2.25. The molecular formula is C20H23N3O. The zero-order valence-electron chi connectivity index (χ0n) is 14.0. The molecule has 0 aliphatic heterocycles. The molecule has 0 atom stereocenters. The zero-order chi connectivity index (χ0) is 16.4. The molecule has 0 aromatic carbocycles. The molecule has 1 fully saturated rings. The van der Waals surface area contributed by atoms with Gasteiger partial charge >= 0.3 is 0 Å². The Morgan fingerprint density at radius 2 is 1.88 bits per heavy atom. The first kappa shape index (κ1) is 15.3. The van der Waals surface area contributed by atoms with Crippen molar-refractivity contribution in [3.63, 3.8) is 0 Å². The van der Waals surface area contributed by atoms with Crippen molar-refractivity contribution in [1.82, 2.24) is 4.98 Å². The molecule has 2 aliphatic rings. The molecular weight excluding hydrogens is 298 g/mol. The number of fused-ring (bicyclic) bond motifs is 1. The monoisotopic (exact) mass is 321 g/mol. The van der Waals surface area contributed by atoms with Crippen LogP contribution in [-0.4, -0.2) is 11.0 Å². The van der Waals surface area contributed by atoms with Crippen LogP contribution in [0.15, 0.2) is 22.8 Å². The lowest BCUT2D eigenvalue weighted by molar-refractivity contribution is 0.461. The van der Waals surface area contributed by atoms with Crippen LogP contribution in [-0.2, 0) is 12.8 Å². The van der Waals surface area contributed by atoms with E-state index in [1.54, 1.807) is 6.26 Å². The van der Waals surface area contributed by atoms with Crippen LogP contribution in [0.5, 0.6) is 0 Å². The second kappa shape index (κ2) is 6.68. The third kappa shape index (κ3) is 2.80. The molecule has 0 spiro atoms. The van der Waals surface area contributed by atoms with Gasteiger partial charge in [0.2, 0.25) is 0 Å². The van der Waals surface area contributed by atoms with Crippen molar-refractivity contribution in [1.29, 1.82) is 5.26 Å². The van der Waals surface area contributed by atoms with Crippen LogP contribution in [0.4, 0.5) is 5.82 Å². The highest BCUT2D eigenvalue weighted by Crippen LogP contribution is 2.36. The molecule has 2 aromatic heterocycles. The van der Waals surface area contributed by atoms with E-state index in [0.717, 1.165) is 25.1 Å². The van der Waals surface area contributed by atoms with Crippen LogP contribution in [0.25, 0.3) is 11.5 Å². The van der Waals surface area contributed by atoms with Crippen molar-refractivity contribution in [3.05, 3.63) is 35.1 Å². The van der Waals surface area contributed by atoms with Gasteiger partial charge in [-0.15, -0.1) is 0 Å². The molecule has 0 amide bonds. The Labute approximate surface area is 142 Å². The van der Waals surface area contributed by atoms with E-state index in [4.69, 9.17) is 9.40 Å². The Balaban J connectivity index is 1.80. The molecule has 4 nitrogen and oxygen atoms in total. The minimum Gasteiger partial charge on any atom is -0.463 e. The van der Waals surface area contributed by atoms with Crippen LogP contribution >= 0.6 is 0 Å². The minimum absolute atomic E-state index is 0.509. The van der Waals surface area contributed by atoms with Gasteiger partial charge in [0.05, 0.1) is 11.8 Å². The molecule has 4 heteroatoms. The number of hydrogen-bond donors (Lipinski definition) is 1. The number of rotatable bonds is 3. The number of aromatic nitrogens is 1. The standard InChI is InChI=1S/C20H23N3O/c21-13-17-15-9-4-5-10-16(15)20(22-14-7-2-1-3-8-14)23-19(17)18-11-6-12-24-18/h6,11-12,14H,1-5,7-10H2,(H,22,23). The summed E-state index contributed by atoms with van der Waals surface area (Å²) in [7, 11) is 0. The maximum atomic E-state index is 9.73. The van der Waals surface area contributed by atoms with Crippen LogP contribution in [0.3, 0.4) is 0 Å². The zero-order valence-corrected chi connectivity index (χ0v) is 14.0. The normalized spacial score (nSPS) is 18.0. The molecule has 1 saturated carbocycles. The molecule has 2 aromatic rings. The van der Waals surface area contributed by atoms with Gasteiger partial charge < -0.3 is 9.73 Å². The van der Waals surface area contributed by atoms with Gasteiger partial charge in [0, 0.05) is 6.04 Å². The number of hydrogen-bond acceptors (Lipinski definition) is 4. The molecule has 24 heavy (non-hydrogen) atoms. The molecule has 0 radical (unpaired) electrons. The second-order valence-electron chi connectivity index (χ2n) is 6.92. The highest BCUT2D eigenvalue weighted by Gasteiger charge is 2.25. The fourth-order valence-corrected chi connectivity index (χ4v) is 4.09. The van der Waals surface area contributed by atoms with Gasteiger partial charge in [-0.2, -0.15) is 5.26 Å². The Kier molecular flexibility index (Phi) is 4.25. The number of nitrogens with zero attached hydrogens (tertiary/aromatic N) is 2. The number of anilines is 1. The Morgan fingerprint density at radius 1 is 1.08 bits per heavy atom. The first-order chi connectivity index (χ1) is 11.9. The third-order valence-electron chi connectivity index (χ3n) is 5.33. The molecule has 4 rings (SSSR count). The predicted molar refractivity (Wildman–Crippen MR) is 93.8 cm³/mol. The van der Waals surface area contributed by atoms with Crippen LogP contribution in [0, 0.1) is 11.3 Å². The highest BCUT2D eigenvalue weighted by molar-refractivity contribution is 5.70. The molecule has 2 heterocycles. The molecule has 0 unspecified atom stereocenters. The maximum Gasteiger partial charge on any atom is 0.153 e. The average molecular weight is 321 g/mol. The van der Waals surface area contributed by atoms with E-state index in [1.807, 2.05) is 12.1 Å². The summed E-state index contributed by atoms with van der Waals surface area (Å²) in [4.78, 5) is 4.87. The lowest BCUT2D eigenvalue weighted by atomic mass is 9.87. The van der Waals surface area contributed by atoms with Gasteiger partial charge in [-0.25, -0.2) is 4.98 Å².